The summed E-state index contributed by atoms with van der Waals surface area (Å²) in [5.41, 5.74) is 2.65. The van der Waals surface area contributed by atoms with Crippen LogP contribution in [0.15, 0.2) is 30.3 Å². The van der Waals surface area contributed by atoms with Crippen LogP contribution in [0.25, 0.3) is 20.8 Å². The van der Waals surface area contributed by atoms with Crippen molar-refractivity contribution in [2.75, 3.05) is 33.1 Å². The predicted molar refractivity (Wildman–Crippen MR) is 106 cm³/mol. The minimum atomic E-state index is -0.931. The van der Waals surface area contributed by atoms with Crippen LogP contribution in [-0.4, -0.2) is 38.1 Å². The Hall–Kier alpha value is -1.05. The summed E-state index contributed by atoms with van der Waals surface area (Å²) in [7, 11) is 17.4. The second-order valence-electron chi connectivity index (χ2n) is 5.79. The average Bonchev–Trinajstić information content (AvgIpc) is 2.58. The van der Waals surface area contributed by atoms with Crippen LogP contribution in [0.4, 0.5) is 11.4 Å². The number of anilines is 1. The Balaban J connectivity index is 0.000000855. The maximum atomic E-state index is 11.6. The van der Waals surface area contributed by atoms with E-state index in [4.69, 9.17) is 19.4 Å². The quantitative estimate of drug-likeness (QED) is 0.171. The molecule has 1 aromatic carbocycles. The third-order valence-electron chi connectivity index (χ3n) is 3.67. The number of nitro benzene ring substituents is 1. The van der Waals surface area contributed by atoms with E-state index < -0.39 is 15.1 Å². The Kier molecular flexibility index (Phi) is 9.32. The fourth-order valence-electron chi connectivity index (χ4n) is 2.47. The van der Waals surface area contributed by atoms with Gasteiger partial charge in [0.15, 0.2) is 0 Å². The van der Waals surface area contributed by atoms with Gasteiger partial charge < -0.3 is 17.3 Å². The van der Waals surface area contributed by atoms with Crippen LogP contribution in [0.1, 0.15) is 0 Å². The van der Waals surface area contributed by atoms with Crippen molar-refractivity contribution in [3.63, 3.8) is 0 Å². The molecule has 0 spiro atoms. The van der Waals surface area contributed by atoms with Crippen LogP contribution < -0.4 is 27.2 Å². The second kappa shape index (κ2) is 10.5. The predicted octanol–water partition coefficient (Wildman–Crippen LogP) is 0.788. The van der Waals surface area contributed by atoms with E-state index in [0.29, 0.717) is 15.9 Å². The van der Waals surface area contributed by atoms with Crippen molar-refractivity contribution < 1.29 is 32.5 Å². The van der Waals surface area contributed by atoms with E-state index in [0.717, 1.165) is 15.9 Å². The minimum absolute atomic E-state index is 0. The summed E-state index contributed by atoms with van der Waals surface area (Å²) >= 11 is 0.481. The molecule has 142 valence electrons. The van der Waals surface area contributed by atoms with E-state index in [9.17, 15) is 10.1 Å². The summed E-state index contributed by atoms with van der Waals surface area (Å²) in [5, 5.41) is 12.2. The van der Waals surface area contributed by atoms with Crippen molar-refractivity contribution in [1.82, 2.24) is 9.56 Å². The molecular weight excluding hydrogens is 484 g/mol. The molecule has 0 saturated carbocycles. The van der Waals surface area contributed by atoms with Gasteiger partial charge in [0.2, 0.25) is 0 Å². The first-order valence-corrected chi connectivity index (χ1v) is 16.2. The summed E-state index contributed by atoms with van der Waals surface area (Å²) in [6.45, 7) is 0. The molecule has 0 bridgehead atoms. The Morgan fingerprint density at radius 2 is 1.81 bits per heavy atom. The van der Waals surface area contributed by atoms with Crippen LogP contribution >= 0.6 is 30.7 Å². The van der Waals surface area contributed by atoms with Crippen LogP contribution in [0, 0.1) is 10.1 Å². The SMILES string of the molecule is CN(C)c1ccc2nc3ccc(=[N+](C)C)c([N+](=O)[O-])c-3sc2c1.[Cl-].[Cl][Zn][Cl]. The molecule has 0 aromatic heterocycles. The molecule has 1 aromatic rings. The number of nitro groups is 1. The van der Waals surface area contributed by atoms with E-state index in [1.165, 1.54) is 11.3 Å². The fourth-order valence-corrected chi connectivity index (χ4v) is 3.58. The van der Waals surface area contributed by atoms with Gasteiger partial charge in [0.05, 0.1) is 20.8 Å². The van der Waals surface area contributed by atoms with Gasteiger partial charge in [-0.1, -0.05) is 0 Å². The molecule has 6 nitrogen and oxygen atoms in total. The Morgan fingerprint density at radius 1 is 1.19 bits per heavy atom. The van der Waals surface area contributed by atoms with Gasteiger partial charge >= 0.3 is 40.2 Å². The molecule has 11 heteroatoms. The zero-order chi connectivity index (χ0) is 19.4. The van der Waals surface area contributed by atoms with Crippen LogP contribution in [0.2, 0.25) is 0 Å². The summed E-state index contributed by atoms with van der Waals surface area (Å²) in [6.07, 6.45) is 0. The second-order valence-corrected chi connectivity index (χ2v) is 11.5. The van der Waals surface area contributed by atoms with Crippen molar-refractivity contribution in [3.8, 4) is 10.6 Å². The number of halogens is 3. The van der Waals surface area contributed by atoms with Gasteiger partial charge in [0.1, 0.15) is 19.0 Å². The molecule has 0 unspecified atom stereocenters. The first-order valence-electron chi connectivity index (χ1n) is 7.61. The molecule has 27 heavy (non-hydrogen) atoms. The van der Waals surface area contributed by atoms with Gasteiger partial charge in [-0.25, -0.2) is 9.56 Å². The Labute approximate surface area is 183 Å². The first-order chi connectivity index (χ1) is 12.3. The number of rotatable bonds is 2. The van der Waals surface area contributed by atoms with Gasteiger partial charge in [-0.3, -0.25) is 10.1 Å². The van der Waals surface area contributed by atoms with Gasteiger partial charge in [-0.05, 0) is 24.3 Å². The van der Waals surface area contributed by atoms with E-state index in [1.807, 2.05) is 43.3 Å². The topological polar surface area (TPSA) is 62.3 Å². The number of nitrogens with zero attached hydrogens (tertiary/aromatic N) is 4. The maximum absolute atomic E-state index is 11.6. The fraction of sp³-hybridized carbons (Fsp3) is 0.250. The van der Waals surface area contributed by atoms with Crippen LogP contribution in [-0.2, 0) is 15.1 Å². The molecule has 1 aliphatic carbocycles. The summed E-state index contributed by atoms with van der Waals surface area (Å²) < 4.78 is 2.69. The molecule has 2 aliphatic rings. The standard InChI is InChI=1S/C16H17N4O2S.3ClH.Zn/c1-18(2)10-5-6-11-14(9-10)23-16-12(17-11)7-8-13(19(3)4)15(16)20(21)22;;;;/h5-9H,1-4H3;3*1H;/q+1;;;;+2/p-3. The van der Waals surface area contributed by atoms with Crippen LogP contribution in [0.3, 0.4) is 0 Å². The number of fused-ring (bicyclic) bond motifs is 2. The van der Waals surface area contributed by atoms with Gasteiger partial charge in [-0.15, -0.1) is 11.3 Å². The van der Waals surface area contributed by atoms with Gasteiger partial charge in [-0.2, -0.15) is 0 Å². The molecule has 0 amide bonds. The number of benzene rings is 2. The zero-order valence-corrected chi connectivity index (χ0v) is 21.3. The number of hydrogen-bond donors (Lipinski definition) is 0. The number of hydrogen-bond acceptors (Lipinski definition) is 5. The Morgan fingerprint density at radius 3 is 2.33 bits per heavy atom. The van der Waals surface area contributed by atoms with Crippen molar-refractivity contribution >= 4 is 52.3 Å². The van der Waals surface area contributed by atoms with Crippen molar-refractivity contribution in [3.05, 3.63) is 45.8 Å². The molecule has 0 saturated heterocycles. The molecule has 0 radical (unpaired) electrons. The van der Waals surface area contributed by atoms with E-state index >= 15 is 0 Å². The average molecular weight is 501 g/mol. The van der Waals surface area contributed by atoms with Crippen molar-refractivity contribution in [2.24, 2.45) is 0 Å². The molecule has 0 N–H and O–H groups in total. The molecule has 1 heterocycles. The molecule has 0 fully saturated rings. The van der Waals surface area contributed by atoms with Crippen molar-refractivity contribution in [1.29, 1.82) is 0 Å². The van der Waals surface area contributed by atoms with E-state index in [-0.39, 0.29) is 23.0 Å². The zero-order valence-electron chi connectivity index (χ0n) is 15.2. The normalized spacial score (nSPS) is 9.70. The Bertz CT molecular complexity index is 993. The number of aromatic nitrogens is 1. The van der Waals surface area contributed by atoms with Gasteiger partial charge in [0.25, 0.3) is 5.36 Å². The summed E-state index contributed by atoms with van der Waals surface area (Å²) in [5.74, 6) is 0. The van der Waals surface area contributed by atoms with Crippen molar-refractivity contribution in [2.45, 2.75) is 0 Å². The molecule has 0 atom stereocenters. The summed E-state index contributed by atoms with van der Waals surface area (Å²) in [6, 6.07) is 9.55. The van der Waals surface area contributed by atoms with E-state index in [1.54, 1.807) is 24.7 Å². The summed E-state index contributed by atoms with van der Waals surface area (Å²) in [4.78, 5) is 18.5. The van der Waals surface area contributed by atoms with E-state index in [2.05, 4.69) is 4.98 Å². The monoisotopic (exact) mass is 498 g/mol. The molecule has 3 rings (SSSR count). The van der Waals surface area contributed by atoms with Gasteiger partial charge in [0, 0.05) is 25.8 Å². The van der Waals surface area contributed by atoms with Crippen LogP contribution in [0.5, 0.6) is 0 Å². The molecule has 1 aliphatic heterocycles. The first kappa shape index (κ1) is 24.0. The molecular formula is C16H17Cl3N4O2SZn. The third-order valence-corrected chi connectivity index (χ3v) is 4.82. The third kappa shape index (κ3) is 5.49.